The molecule has 2 aromatic carbocycles. The lowest BCUT2D eigenvalue weighted by molar-refractivity contribution is 0.0515. The summed E-state index contributed by atoms with van der Waals surface area (Å²) in [5.41, 5.74) is 5.85. The van der Waals surface area contributed by atoms with E-state index in [0.29, 0.717) is 25.6 Å². The maximum absolute atomic E-state index is 12.6. The van der Waals surface area contributed by atoms with Crippen LogP contribution in [-0.2, 0) is 22.4 Å². The van der Waals surface area contributed by atoms with Gasteiger partial charge in [-0.3, -0.25) is 4.98 Å². The molecular formula is C33H46N4O4. The Morgan fingerprint density at radius 1 is 0.854 bits per heavy atom. The highest BCUT2D eigenvalue weighted by molar-refractivity contribution is 5.98. The number of carbonyl (C=O) groups excluding carboxylic acids is 2. The van der Waals surface area contributed by atoms with Crippen molar-refractivity contribution in [2.24, 2.45) is 5.92 Å². The monoisotopic (exact) mass is 562 g/mol. The smallest absolute Gasteiger partial charge is 0.407 e. The van der Waals surface area contributed by atoms with Gasteiger partial charge in [-0.15, -0.1) is 0 Å². The minimum atomic E-state index is -0.592. The molecule has 0 saturated heterocycles. The van der Waals surface area contributed by atoms with Gasteiger partial charge in [0.25, 0.3) is 0 Å². The number of amides is 2. The van der Waals surface area contributed by atoms with Gasteiger partial charge in [0.1, 0.15) is 11.2 Å². The Labute approximate surface area is 244 Å². The maximum Gasteiger partial charge on any atom is 0.407 e. The Hall–Kier alpha value is -3.81. The van der Waals surface area contributed by atoms with Crippen LogP contribution in [-0.4, -0.2) is 41.5 Å². The highest BCUT2D eigenvalue weighted by atomic mass is 16.6. The number of nitrogens with one attached hydrogen (secondary N) is 3. The van der Waals surface area contributed by atoms with E-state index in [2.05, 4.69) is 67.1 Å². The summed E-state index contributed by atoms with van der Waals surface area (Å²) in [6.07, 6.45) is -0.129. The molecule has 0 fully saturated rings. The number of anilines is 1. The average molecular weight is 563 g/mol. The number of carbonyl (C=O) groups is 2. The average Bonchev–Trinajstić information content (AvgIpc) is 2.83. The molecule has 8 heteroatoms. The predicted molar refractivity (Wildman–Crippen MR) is 166 cm³/mol. The molecule has 41 heavy (non-hydrogen) atoms. The molecule has 3 aromatic rings. The Kier molecular flexibility index (Phi) is 10.2. The summed E-state index contributed by atoms with van der Waals surface area (Å²) < 4.78 is 10.8. The second-order valence-electron chi connectivity index (χ2n) is 12.8. The van der Waals surface area contributed by atoms with Gasteiger partial charge in [0, 0.05) is 42.0 Å². The van der Waals surface area contributed by atoms with Crippen LogP contribution in [0.2, 0.25) is 0 Å². The third-order valence-corrected chi connectivity index (χ3v) is 6.04. The zero-order chi connectivity index (χ0) is 30.4. The standard InChI is InChI=1S/C33H46N4O4/c1-21(2)18-28-26(20-36-31(39)41-33(7,8)9)29(23-12-10-22(3)11-13-23)25-19-24(14-15-27(25)37-28)34-16-17-35-30(38)40-32(4,5)6/h10-15,19,21,34H,16-18,20H2,1-9H3,(H,35,38)(H,36,39). The Morgan fingerprint density at radius 3 is 2.05 bits per heavy atom. The van der Waals surface area contributed by atoms with Gasteiger partial charge in [-0.05, 0) is 90.1 Å². The van der Waals surface area contributed by atoms with Crippen LogP contribution in [0.3, 0.4) is 0 Å². The van der Waals surface area contributed by atoms with Crippen molar-refractivity contribution in [2.45, 2.75) is 86.5 Å². The van der Waals surface area contributed by atoms with E-state index >= 15 is 0 Å². The molecule has 0 aliphatic rings. The number of benzene rings is 2. The number of fused-ring (bicyclic) bond motifs is 1. The molecule has 3 rings (SSSR count). The second-order valence-corrected chi connectivity index (χ2v) is 12.8. The van der Waals surface area contributed by atoms with Gasteiger partial charge in [-0.25, -0.2) is 9.59 Å². The van der Waals surface area contributed by atoms with Crippen molar-refractivity contribution in [3.05, 3.63) is 59.3 Å². The number of alkyl carbamates (subject to hydrolysis) is 2. The first-order chi connectivity index (χ1) is 19.1. The van der Waals surface area contributed by atoms with Crippen LogP contribution in [0.15, 0.2) is 42.5 Å². The molecule has 0 aliphatic heterocycles. The van der Waals surface area contributed by atoms with E-state index in [-0.39, 0.29) is 0 Å². The fraction of sp³-hybridized carbons (Fsp3) is 0.485. The minimum Gasteiger partial charge on any atom is -0.444 e. The number of pyridine rings is 1. The highest BCUT2D eigenvalue weighted by Crippen LogP contribution is 2.36. The summed E-state index contributed by atoms with van der Waals surface area (Å²) in [7, 11) is 0. The molecular weight excluding hydrogens is 516 g/mol. The van der Waals surface area contributed by atoms with E-state index in [1.807, 2.05) is 53.7 Å². The summed E-state index contributed by atoms with van der Waals surface area (Å²) in [6.45, 7) is 18.7. The fourth-order valence-corrected chi connectivity index (χ4v) is 4.42. The quantitative estimate of drug-likeness (QED) is 0.235. The van der Waals surface area contributed by atoms with Crippen molar-refractivity contribution >= 4 is 28.8 Å². The number of aromatic nitrogens is 1. The lowest BCUT2D eigenvalue weighted by Gasteiger charge is -2.22. The number of aryl methyl sites for hydroxylation is 1. The topological polar surface area (TPSA) is 102 Å². The van der Waals surface area contributed by atoms with Crippen molar-refractivity contribution in [3.63, 3.8) is 0 Å². The zero-order valence-electron chi connectivity index (χ0n) is 26.0. The zero-order valence-corrected chi connectivity index (χ0v) is 26.0. The highest BCUT2D eigenvalue weighted by Gasteiger charge is 2.21. The molecule has 0 aliphatic carbocycles. The summed E-state index contributed by atoms with van der Waals surface area (Å²) in [6, 6.07) is 14.5. The van der Waals surface area contributed by atoms with Crippen molar-refractivity contribution in [2.75, 3.05) is 18.4 Å². The second kappa shape index (κ2) is 13.2. The van der Waals surface area contributed by atoms with Gasteiger partial charge in [0.15, 0.2) is 0 Å². The van der Waals surface area contributed by atoms with Crippen molar-refractivity contribution in [1.82, 2.24) is 15.6 Å². The summed E-state index contributed by atoms with van der Waals surface area (Å²) in [5.74, 6) is 0.379. The molecule has 222 valence electrons. The van der Waals surface area contributed by atoms with Gasteiger partial charge >= 0.3 is 12.2 Å². The van der Waals surface area contributed by atoms with Gasteiger partial charge in [-0.1, -0.05) is 43.7 Å². The van der Waals surface area contributed by atoms with E-state index in [9.17, 15) is 9.59 Å². The number of nitrogens with zero attached hydrogens (tertiary/aromatic N) is 1. The molecule has 1 aromatic heterocycles. The lowest BCUT2D eigenvalue weighted by Crippen LogP contribution is -2.34. The SMILES string of the molecule is Cc1ccc(-c2c(CNC(=O)OC(C)(C)C)c(CC(C)C)nc3ccc(NCCNC(=O)OC(C)(C)C)cc23)cc1. The van der Waals surface area contributed by atoms with Crippen LogP contribution in [0, 0.1) is 12.8 Å². The first-order valence-electron chi connectivity index (χ1n) is 14.3. The fourth-order valence-electron chi connectivity index (χ4n) is 4.42. The summed E-state index contributed by atoms with van der Waals surface area (Å²) >= 11 is 0. The molecule has 0 radical (unpaired) electrons. The van der Waals surface area contributed by atoms with Crippen LogP contribution in [0.5, 0.6) is 0 Å². The molecule has 0 bridgehead atoms. The van der Waals surface area contributed by atoms with Crippen LogP contribution in [0.4, 0.5) is 15.3 Å². The van der Waals surface area contributed by atoms with E-state index < -0.39 is 23.4 Å². The van der Waals surface area contributed by atoms with E-state index in [1.165, 1.54) is 5.56 Å². The third kappa shape index (κ3) is 9.95. The number of hydrogen-bond acceptors (Lipinski definition) is 6. The molecule has 3 N–H and O–H groups in total. The molecule has 8 nitrogen and oxygen atoms in total. The number of hydrogen-bond donors (Lipinski definition) is 3. The van der Waals surface area contributed by atoms with Crippen molar-refractivity contribution in [3.8, 4) is 11.1 Å². The van der Waals surface area contributed by atoms with Gasteiger partial charge in [0.05, 0.1) is 5.52 Å². The van der Waals surface area contributed by atoms with Crippen LogP contribution < -0.4 is 16.0 Å². The Morgan fingerprint density at radius 2 is 1.46 bits per heavy atom. The number of ether oxygens (including phenoxy) is 2. The predicted octanol–water partition coefficient (Wildman–Crippen LogP) is 7.37. The van der Waals surface area contributed by atoms with E-state index in [1.54, 1.807) is 0 Å². The third-order valence-electron chi connectivity index (χ3n) is 6.04. The largest absolute Gasteiger partial charge is 0.444 e. The molecule has 1 heterocycles. The number of rotatable bonds is 9. The summed E-state index contributed by atoms with van der Waals surface area (Å²) in [4.78, 5) is 29.7. The molecule has 0 unspecified atom stereocenters. The van der Waals surface area contributed by atoms with E-state index in [0.717, 1.165) is 45.4 Å². The normalized spacial score (nSPS) is 11.9. The van der Waals surface area contributed by atoms with Crippen LogP contribution >= 0.6 is 0 Å². The molecule has 0 spiro atoms. The first-order valence-corrected chi connectivity index (χ1v) is 14.3. The van der Waals surface area contributed by atoms with Gasteiger partial charge in [0.2, 0.25) is 0 Å². The van der Waals surface area contributed by atoms with Crippen molar-refractivity contribution in [1.29, 1.82) is 0 Å². The van der Waals surface area contributed by atoms with Crippen molar-refractivity contribution < 1.29 is 19.1 Å². The molecule has 0 saturated carbocycles. The lowest BCUT2D eigenvalue weighted by atomic mass is 9.91. The van der Waals surface area contributed by atoms with Gasteiger partial charge < -0.3 is 25.4 Å². The maximum atomic E-state index is 12.6. The minimum absolute atomic E-state index is 0.292. The summed E-state index contributed by atoms with van der Waals surface area (Å²) in [5, 5.41) is 10.1. The van der Waals surface area contributed by atoms with Crippen LogP contribution in [0.1, 0.15) is 72.2 Å². The Bertz CT molecular complexity index is 1350. The van der Waals surface area contributed by atoms with Gasteiger partial charge in [-0.2, -0.15) is 0 Å². The van der Waals surface area contributed by atoms with Crippen LogP contribution in [0.25, 0.3) is 22.0 Å². The molecule has 0 atom stereocenters. The van der Waals surface area contributed by atoms with E-state index in [4.69, 9.17) is 14.5 Å². The first kappa shape index (κ1) is 31.7. The molecule has 2 amide bonds. The Balaban J connectivity index is 2.00.